The van der Waals surface area contributed by atoms with Crippen LogP contribution < -0.4 is 0 Å². The molecule has 0 aliphatic heterocycles. The largest absolute Gasteiger partial charge is 0.481 e. The van der Waals surface area contributed by atoms with Crippen molar-refractivity contribution in [3.05, 3.63) is 0 Å². The van der Waals surface area contributed by atoms with E-state index in [1.807, 2.05) is 0 Å². The van der Waals surface area contributed by atoms with Gasteiger partial charge in [0.1, 0.15) is 0 Å². The van der Waals surface area contributed by atoms with E-state index >= 15 is 0 Å². The van der Waals surface area contributed by atoms with Crippen molar-refractivity contribution in [1.82, 2.24) is 0 Å². The Hall–Kier alpha value is 0.180. The smallest absolute Gasteiger partial charge is 0.329 e. The number of carbonyl (C=O) groups is 2. The third-order valence-electron chi connectivity index (χ3n) is 4.03. The van der Waals surface area contributed by atoms with Gasteiger partial charge < -0.3 is 49.4 Å². The molecule has 20 heteroatoms. The summed E-state index contributed by atoms with van der Waals surface area (Å²) in [5.41, 5.74) is 0. The Balaban J connectivity index is 6.25. The lowest BCUT2D eigenvalue weighted by Gasteiger charge is -2.39. The molecule has 2 unspecified atom stereocenters. The fourth-order valence-corrected chi connectivity index (χ4v) is 4.92. The number of rotatable bonds is 17. The highest BCUT2D eigenvalue weighted by molar-refractivity contribution is 7.40. The van der Waals surface area contributed by atoms with Gasteiger partial charge in [-0.15, -0.1) is 0 Å². The van der Waals surface area contributed by atoms with Gasteiger partial charge in [-0.25, -0.2) is 0 Å². The minimum Gasteiger partial charge on any atom is -0.481 e. The second kappa shape index (κ2) is 14.6. The highest BCUT2D eigenvalue weighted by atomic mass is 31.2. The molecule has 190 valence electrons. The van der Waals surface area contributed by atoms with Crippen molar-refractivity contribution >= 4 is 46.3 Å². The molecule has 0 bridgehead atoms. The molecule has 0 heterocycles. The van der Waals surface area contributed by atoms with Gasteiger partial charge in [-0.2, -0.15) is 0 Å². The molecular weight excluding hydrogens is 524 g/mol. The van der Waals surface area contributed by atoms with Crippen LogP contribution in [-0.4, -0.2) is 72.9 Å². The molecule has 32 heavy (non-hydrogen) atoms. The summed E-state index contributed by atoms with van der Waals surface area (Å²) in [6.07, 6.45) is -2.89. The van der Waals surface area contributed by atoms with E-state index in [1.54, 1.807) is 0 Å². The normalized spacial score (nSPS) is 15.1. The summed E-state index contributed by atoms with van der Waals surface area (Å²) in [5.74, 6) is -11.1. The summed E-state index contributed by atoms with van der Waals surface area (Å²) in [6, 6.07) is 0. The van der Waals surface area contributed by atoms with Gasteiger partial charge >= 0.3 is 46.3 Å². The molecule has 0 spiro atoms. The van der Waals surface area contributed by atoms with Gasteiger partial charge in [-0.1, -0.05) is 13.8 Å². The Morgan fingerprint density at radius 1 is 0.688 bits per heavy atom. The van der Waals surface area contributed by atoms with E-state index in [-0.39, 0.29) is 6.42 Å². The maximum Gasteiger partial charge on any atom is 0.329 e. The first kappa shape index (κ1) is 32.2. The number of hydrogen-bond donors (Lipinski definition) is 10. The molecule has 0 fully saturated rings. The Morgan fingerprint density at radius 2 is 1.03 bits per heavy atom. The highest BCUT2D eigenvalue weighted by Gasteiger charge is 2.48. The molecular formula is C12H26O16P4. The quantitative estimate of drug-likeness (QED) is 0.0861. The Morgan fingerprint density at radius 3 is 1.31 bits per heavy atom. The zero-order chi connectivity index (χ0) is 25.3. The monoisotopic (exact) mass is 550 g/mol. The van der Waals surface area contributed by atoms with Crippen LogP contribution >= 0.6 is 34.4 Å². The SMILES string of the molecule is CCC(CC(CC(CC(C)C(=O)O)(OP(O)O)OP(O)O)C(=O)O)(OP(O)O)OP(O)O. The number of hydrogen-bond acceptors (Lipinski definition) is 14. The lowest BCUT2D eigenvalue weighted by molar-refractivity contribution is -0.186. The van der Waals surface area contributed by atoms with Crippen molar-refractivity contribution in [3.8, 4) is 0 Å². The van der Waals surface area contributed by atoms with Crippen LogP contribution in [0.25, 0.3) is 0 Å². The van der Waals surface area contributed by atoms with E-state index in [9.17, 15) is 53.8 Å². The molecule has 0 saturated heterocycles. The van der Waals surface area contributed by atoms with Crippen molar-refractivity contribution in [1.29, 1.82) is 0 Å². The van der Waals surface area contributed by atoms with Crippen LogP contribution in [0.4, 0.5) is 0 Å². The molecule has 0 aliphatic rings. The van der Waals surface area contributed by atoms with Crippen molar-refractivity contribution < 1.29 is 77.0 Å². The Bertz CT molecular complexity index is 569. The second-order valence-corrected chi connectivity index (χ2v) is 9.19. The topological polar surface area (TPSA) is 273 Å². The lowest BCUT2D eigenvalue weighted by atomic mass is 9.87. The van der Waals surface area contributed by atoms with Crippen LogP contribution in [0.1, 0.15) is 39.5 Å². The minimum atomic E-state index is -3.32. The molecule has 0 radical (unpaired) electrons. The van der Waals surface area contributed by atoms with Crippen LogP contribution in [0.3, 0.4) is 0 Å². The molecule has 10 N–H and O–H groups in total. The standard InChI is InChI=1S/C12H26O16P4/c1-3-11(25-29(17)18,26-30(19)20)5-8(10(15)16)6-12(27-31(21)22,28-32(23)24)4-7(2)9(13)14/h7-8,17-24H,3-6H2,1-2H3,(H,13,14)(H,15,16). The minimum absolute atomic E-state index is 0.337. The van der Waals surface area contributed by atoms with Crippen LogP contribution in [-0.2, 0) is 27.7 Å². The fraction of sp³-hybridized carbons (Fsp3) is 0.833. The molecule has 0 rings (SSSR count). The van der Waals surface area contributed by atoms with Gasteiger partial charge in [-0.3, -0.25) is 27.7 Å². The number of aliphatic carboxylic acids is 2. The molecule has 0 amide bonds. The van der Waals surface area contributed by atoms with Gasteiger partial charge in [0.25, 0.3) is 0 Å². The summed E-state index contributed by atoms with van der Waals surface area (Å²) < 4.78 is 19.2. The van der Waals surface area contributed by atoms with E-state index < -0.39 is 89.0 Å². The van der Waals surface area contributed by atoms with Crippen LogP contribution in [0.5, 0.6) is 0 Å². The van der Waals surface area contributed by atoms with E-state index in [0.717, 1.165) is 6.92 Å². The molecule has 0 aromatic rings. The Kier molecular flexibility index (Phi) is 14.6. The van der Waals surface area contributed by atoms with Gasteiger partial charge in [0.15, 0.2) is 11.6 Å². The third kappa shape index (κ3) is 12.0. The van der Waals surface area contributed by atoms with Gasteiger partial charge in [0.05, 0.1) is 11.8 Å². The van der Waals surface area contributed by atoms with Gasteiger partial charge in [-0.05, 0) is 6.42 Å². The molecule has 2 atom stereocenters. The average Bonchev–Trinajstić information content (AvgIpc) is 2.58. The van der Waals surface area contributed by atoms with E-state index in [4.69, 9.17) is 23.2 Å². The zero-order valence-corrected chi connectivity index (χ0v) is 20.3. The van der Waals surface area contributed by atoms with E-state index in [2.05, 4.69) is 0 Å². The third-order valence-corrected chi connectivity index (χ3v) is 6.02. The van der Waals surface area contributed by atoms with Crippen molar-refractivity contribution in [2.45, 2.75) is 51.1 Å². The van der Waals surface area contributed by atoms with Crippen LogP contribution in [0.15, 0.2) is 0 Å². The van der Waals surface area contributed by atoms with Crippen molar-refractivity contribution in [2.75, 3.05) is 0 Å². The molecule has 0 aromatic carbocycles. The number of carboxylic acids is 2. The molecule has 0 aliphatic carbocycles. The predicted molar refractivity (Wildman–Crippen MR) is 107 cm³/mol. The summed E-state index contributed by atoms with van der Waals surface area (Å²) in [7, 11) is -13.0. The summed E-state index contributed by atoms with van der Waals surface area (Å²) in [4.78, 5) is 97.3. The fourth-order valence-electron chi connectivity index (χ4n) is 2.76. The second-order valence-electron chi connectivity index (χ2n) is 6.44. The first-order valence-corrected chi connectivity index (χ1v) is 13.2. The first-order chi connectivity index (χ1) is 14.6. The van der Waals surface area contributed by atoms with E-state index in [0.29, 0.717) is 0 Å². The van der Waals surface area contributed by atoms with Gasteiger partial charge in [0.2, 0.25) is 0 Å². The van der Waals surface area contributed by atoms with Gasteiger partial charge in [0, 0.05) is 19.3 Å². The summed E-state index contributed by atoms with van der Waals surface area (Å²) in [6.45, 7) is 2.45. The van der Waals surface area contributed by atoms with Crippen LogP contribution in [0, 0.1) is 11.8 Å². The zero-order valence-electron chi connectivity index (χ0n) is 16.7. The Labute approximate surface area is 187 Å². The average molecular weight is 550 g/mol. The highest BCUT2D eigenvalue weighted by Crippen LogP contribution is 2.50. The summed E-state index contributed by atoms with van der Waals surface area (Å²) in [5, 5.41) is 18.8. The lowest BCUT2D eigenvalue weighted by Crippen LogP contribution is -2.43. The maximum absolute atomic E-state index is 11.9. The molecule has 0 saturated carbocycles. The van der Waals surface area contributed by atoms with Crippen molar-refractivity contribution in [3.63, 3.8) is 0 Å². The number of carboxylic acid groups (broad SMARTS) is 2. The van der Waals surface area contributed by atoms with Crippen LogP contribution in [0.2, 0.25) is 0 Å². The van der Waals surface area contributed by atoms with E-state index in [1.165, 1.54) is 6.92 Å². The molecule has 16 nitrogen and oxygen atoms in total. The van der Waals surface area contributed by atoms with Crippen molar-refractivity contribution in [2.24, 2.45) is 11.8 Å². The maximum atomic E-state index is 11.9. The molecule has 0 aromatic heterocycles. The first-order valence-electron chi connectivity index (χ1n) is 8.50. The summed E-state index contributed by atoms with van der Waals surface area (Å²) >= 11 is 0. The predicted octanol–water partition coefficient (Wildman–Crippen LogP) is 0.293.